The van der Waals surface area contributed by atoms with Gasteiger partial charge in [-0.25, -0.2) is 4.31 Å². The van der Waals surface area contributed by atoms with Crippen LogP contribution in [0.5, 0.6) is 5.75 Å². The number of benzene rings is 1. The quantitative estimate of drug-likeness (QED) is 0.770. The Morgan fingerprint density at radius 1 is 1.14 bits per heavy atom. The molecule has 5 nitrogen and oxygen atoms in total. The lowest BCUT2D eigenvalue weighted by Crippen LogP contribution is -2.46. The van der Waals surface area contributed by atoms with Gasteiger partial charge in [0.05, 0.1) is 7.11 Å². The number of rotatable bonds is 5. The minimum absolute atomic E-state index is 0.101. The molecule has 2 aliphatic heterocycles. The number of Topliss-reactive ketones (excluding diaryl/α,β-unsaturated/α-hetero) is 1. The lowest BCUT2D eigenvalue weighted by atomic mass is 9.79. The Kier molecular flexibility index (Phi) is 5.97. The number of thiol groups is 1. The molecule has 152 valence electrons. The molecule has 3 aliphatic rings. The molecule has 2 saturated heterocycles. The van der Waals surface area contributed by atoms with Crippen molar-refractivity contribution < 1.29 is 14.3 Å². The maximum atomic E-state index is 13.1. The molecule has 0 N–H and O–H groups in total. The zero-order valence-electron chi connectivity index (χ0n) is 16.6. The molecule has 2 heterocycles. The van der Waals surface area contributed by atoms with Gasteiger partial charge >= 0.3 is 0 Å². The van der Waals surface area contributed by atoms with E-state index in [1.54, 1.807) is 11.4 Å². The fourth-order valence-corrected chi connectivity index (χ4v) is 5.46. The Balaban J connectivity index is 1.40. The molecule has 1 aliphatic carbocycles. The summed E-state index contributed by atoms with van der Waals surface area (Å²) in [6, 6.07) is 5.88. The molecule has 3 atom stereocenters. The van der Waals surface area contributed by atoms with E-state index in [9.17, 15) is 9.59 Å². The van der Waals surface area contributed by atoms with E-state index in [4.69, 9.17) is 4.74 Å². The van der Waals surface area contributed by atoms with Crippen molar-refractivity contribution in [2.75, 3.05) is 26.7 Å². The van der Waals surface area contributed by atoms with Gasteiger partial charge in [0.25, 0.3) is 0 Å². The van der Waals surface area contributed by atoms with Crippen LogP contribution in [0.25, 0.3) is 0 Å². The summed E-state index contributed by atoms with van der Waals surface area (Å²) in [5, 5.41) is 0. The number of ketones is 1. The zero-order chi connectivity index (χ0) is 19.7. The third kappa shape index (κ3) is 3.94. The van der Waals surface area contributed by atoms with E-state index in [1.165, 1.54) is 11.1 Å². The van der Waals surface area contributed by atoms with Crippen LogP contribution in [0.3, 0.4) is 0 Å². The van der Waals surface area contributed by atoms with E-state index >= 15 is 0 Å². The van der Waals surface area contributed by atoms with Crippen molar-refractivity contribution >= 4 is 24.5 Å². The number of methoxy groups -OCH3 is 1. The molecule has 1 aromatic rings. The SMILES string of the molecule is COc1ccc2c(c1)CCC(CC(=O)C1CCN(S)[C@H]1C(=O)N1CCCC1)C2. The van der Waals surface area contributed by atoms with Gasteiger partial charge in [-0.15, -0.1) is 0 Å². The van der Waals surface area contributed by atoms with E-state index < -0.39 is 0 Å². The first-order valence-corrected chi connectivity index (χ1v) is 10.9. The Labute approximate surface area is 172 Å². The molecular weight excluding hydrogens is 372 g/mol. The van der Waals surface area contributed by atoms with Crippen molar-refractivity contribution in [3.63, 3.8) is 0 Å². The molecule has 1 amide bonds. The topological polar surface area (TPSA) is 49.9 Å². The number of nitrogens with zero attached hydrogens (tertiary/aromatic N) is 2. The Bertz CT molecular complexity index is 747. The van der Waals surface area contributed by atoms with Crippen LogP contribution < -0.4 is 4.74 Å². The second-order valence-corrected chi connectivity index (χ2v) is 8.96. The molecule has 1 aromatic carbocycles. The first kappa shape index (κ1) is 19.8. The Morgan fingerprint density at radius 3 is 2.68 bits per heavy atom. The maximum absolute atomic E-state index is 13.1. The highest BCUT2D eigenvalue weighted by Gasteiger charge is 2.44. The lowest BCUT2D eigenvalue weighted by Gasteiger charge is -2.29. The number of carbonyl (C=O) groups excluding carboxylic acids is 2. The van der Waals surface area contributed by atoms with Gasteiger partial charge in [-0.1, -0.05) is 18.9 Å². The second kappa shape index (κ2) is 8.46. The fraction of sp³-hybridized carbons (Fsp3) is 0.636. The summed E-state index contributed by atoms with van der Waals surface area (Å²) >= 11 is 4.52. The van der Waals surface area contributed by atoms with Crippen LogP contribution in [-0.4, -0.2) is 53.7 Å². The molecule has 28 heavy (non-hydrogen) atoms. The van der Waals surface area contributed by atoms with Crippen LogP contribution in [0.1, 0.15) is 43.2 Å². The molecule has 6 heteroatoms. The first-order chi connectivity index (χ1) is 13.6. The van der Waals surface area contributed by atoms with E-state index in [0.29, 0.717) is 18.9 Å². The Morgan fingerprint density at radius 2 is 1.93 bits per heavy atom. The highest BCUT2D eigenvalue weighted by molar-refractivity contribution is 7.77. The number of fused-ring (bicyclic) bond motifs is 1. The summed E-state index contributed by atoms with van der Waals surface area (Å²) < 4.78 is 7.12. The number of likely N-dealkylation sites (tertiary alicyclic amines) is 1. The van der Waals surface area contributed by atoms with Gasteiger partial charge in [0.1, 0.15) is 17.6 Å². The van der Waals surface area contributed by atoms with Crippen molar-refractivity contribution in [3.05, 3.63) is 29.3 Å². The number of carbonyl (C=O) groups is 2. The largest absolute Gasteiger partial charge is 0.497 e. The van der Waals surface area contributed by atoms with Crippen LogP contribution in [0.2, 0.25) is 0 Å². The van der Waals surface area contributed by atoms with Crippen LogP contribution in [0, 0.1) is 11.8 Å². The van der Waals surface area contributed by atoms with Gasteiger partial charge in [0.15, 0.2) is 0 Å². The van der Waals surface area contributed by atoms with Gasteiger partial charge in [0, 0.05) is 32.0 Å². The summed E-state index contributed by atoms with van der Waals surface area (Å²) in [6.07, 6.45) is 6.39. The molecule has 0 bridgehead atoms. The average Bonchev–Trinajstić information content (AvgIpc) is 3.37. The number of ether oxygens (including phenoxy) is 1. The van der Waals surface area contributed by atoms with Gasteiger partial charge in [0.2, 0.25) is 5.91 Å². The highest BCUT2D eigenvalue weighted by Crippen LogP contribution is 2.34. The number of aryl methyl sites for hydroxylation is 1. The van der Waals surface area contributed by atoms with E-state index in [0.717, 1.165) is 57.4 Å². The van der Waals surface area contributed by atoms with Crippen molar-refractivity contribution in [3.8, 4) is 5.75 Å². The maximum Gasteiger partial charge on any atom is 0.241 e. The predicted octanol–water partition coefficient (Wildman–Crippen LogP) is 2.92. The summed E-state index contributed by atoms with van der Waals surface area (Å²) in [4.78, 5) is 28.0. The third-order valence-electron chi connectivity index (χ3n) is 6.69. The lowest BCUT2D eigenvalue weighted by molar-refractivity contribution is -0.138. The van der Waals surface area contributed by atoms with E-state index in [2.05, 4.69) is 24.9 Å². The van der Waals surface area contributed by atoms with Crippen molar-refractivity contribution in [2.45, 2.75) is 51.0 Å². The smallest absolute Gasteiger partial charge is 0.241 e. The summed E-state index contributed by atoms with van der Waals surface area (Å²) in [6.45, 7) is 2.35. The molecule has 2 unspecified atom stereocenters. The van der Waals surface area contributed by atoms with Gasteiger partial charge < -0.3 is 9.64 Å². The minimum Gasteiger partial charge on any atom is -0.497 e. The molecule has 4 rings (SSSR count). The fourth-order valence-electron chi connectivity index (χ4n) is 5.08. The normalized spacial score (nSPS) is 27.6. The second-order valence-electron chi connectivity index (χ2n) is 8.45. The molecule has 0 radical (unpaired) electrons. The first-order valence-electron chi connectivity index (χ1n) is 10.5. The van der Waals surface area contributed by atoms with Gasteiger partial charge in [-0.05, 0) is 67.7 Å². The number of hydrogen-bond acceptors (Lipinski definition) is 5. The average molecular weight is 403 g/mol. The van der Waals surface area contributed by atoms with Crippen molar-refractivity contribution in [2.24, 2.45) is 11.8 Å². The van der Waals surface area contributed by atoms with Crippen LogP contribution in [0.4, 0.5) is 0 Å². The van der Waals surface area contributed by atoms with Crippen LogP contribution in [0.15, 0.2) is 18.2 Å². The molecular formula is C22H30N2O3S. The van der Waals surface area contributed by atoms with Crippen LogP contribution >= 0.6 is 12.8 Å². The molecule has 0 aromatic heterocycles. The predicted molar refractivity (Wildman–Crippen MR) is 112 cm³/mol. The molecule has 0 spiro atoms. The van der Waals surface area contributed by atoms with Gasteiger partial charge in [-0.2, -0.15) is 0 Å². The molecule has 0 saturated carbocycles. The van der Waals surface area contributed by atoms with Crippen molar-refractivity contribution in [1.29, 1.82) is 0 Å². The number of hydrogen-bond donors (Lipinski definition) is 1. The van der Waals surface area contributed by atoms with E-state index in [1.807, 2.05) is 11.0 Å². The zero-order valence-corrected chi connectivity index (χ0v) is 17.5. The summed E-state index contributed by atoms with van der Waals surface area (Å²) in [5.41, 5.74) is 2.67. The minimum atomic E-state index is -0.380. The Hall–Kier alpha value is -1.53. The third-order valence-corrected chi connectivity index (χ3v) is 7.14. The van der Waals surface area contributed by atoms with Crippen LogP contribution in [-0.2, 0) is 22.4 Å². The monoisotopic (exact) mass is 402 g/mol. The highest BCUT2D eigenvalue weighted by atomic mass is 32.1. The standard InChI is InChI=1S/C22H30N2O3S/c1-27-18-7-6-16-12-15(4-5-17(16)14-18)13-20(25)19-8-11-24(28)21(19)22(26)23-9-2-3-10-23/h6-7,14-15,19,21,28H,2-5,8-13H2,1H3/t15?,19?,21-/m1/s1. The molecule has 2 fully saturated rings. The summed E-state index contributed by atoms with van der Waals surface area (Å²) in [5.74, 6) is 1.41. The number of amides is 1. The summed E-state index contributed by atoms with van der Waals surface area (Å²) in [7, 11) is 1.69. The van der Waals surface area contributed by atoms with Crippen molar-refractivity contribution in [1.82, 2.24) is 9.21 Å². The van der Waals surface area contributed by atoms with Gasteiger partial charge in [-0.3, -0.25) is 9.59 Å². The van der Waals surface area contributed by atoms with E-state index in [-0.39, 0.29) is 23.7 Å².